The van der Waals surface area contributed by atoms with Crippen molar-refractivity contribution < 1.29 is 0 Å². The minimum atomic E-state index is -0.301. The number of nitrogens with zero attached hydrogens (tertiary/aromatic N) is 3. The van der Waals surface area contributed by atoms with Gasteiger partial charge in [-0.05, 0) is 32.0 Å². The Morgan fingerprint density at radius 1 is 1.30 bits per heavy atom. The fourth-order valence-corrected chi connectivity index (χ4v) is 2.40. The molecule has 0 spiro atoms. The van der Waals surface area contributed by atoms with E-state index in [9.17, 15) is 4.79 Å². The highest BCUT2D eigenvalue weighted by Crippen LogP contribution is 2.18. The van der Waals surface area contributed by atoms with E-state index in [4.69, 9.17) is 11.6 Å². The number of aromatic nitrogens is 2. The van der Waals surface area contributed by atoms with Crippen LogP contribution < -0.4 is 10.9 Å². The van der Waals surface area contributed by atoms with Gasteiger partial charge in [0.05, 0.1) is 11.9 Å². The predicted octanol–water partition coefficient (Wildman–Crippen LogP) is 2.89. The SMILES string of the molecule is CC(C)N(C)Cc1ccccc1CNc1cnn(C)c(=O)c1Cl. The van der Waals surface area contributed by atoms with E-state index in [0.717, 1.165) is 6.54 Å². The minimum absolute atomic E-state index is 0.166. The van der Waals surface area contributed by atoms with Crippen LogP contribution in [0.1, 0.15) is 25.0 Å². The Morgan fingerprint density at radius 3 is 2.61 bits per heavy atom. The largest absolute Gasteiger partial charge is 0.378 e. The van der Waals surface area contributed by atoms with Crippen molar-refractivity contribution in [2.24, 2.45) is 7.05 Å². The number of hydrogen-bond acceptors (Lipinski definition) is 4. The normalized spacial score (nSPS) is 11.3. The van der Waals surface area contributed by atoms with Gasteiger partial charge in [0, 0.05) is 26.2 Å². The van der Waals surface area contributed by atoms with Crippen LogP contribution in [-0.2, 0) is 20.1 Å². The Labute approximate surface area is 141 Å². The second-order valence-electron chi connectivity index (χ2n) is 5.93. The predicted molar refractivity (Wildman–Crippen MR) is 94.9 cm³/mol. The number of hydrogen-bond donors (Lipinski definition) is 1. The van der Waals surface area contributed by atoms with Crippen LogP contribution in [-0.4, -0.2) is 27.8 Å². The molecule has 0 amide bonds. The smallest absolute Gasteiger partial charge is 0.287 e. The lowest BCUT2D eigenvalue weighted by atomic mass is 10.1. The Kier molecular flexibility index (Phi) is 5.80. The van der Waals surface area contributed by atoms with Crippen LogP contribution in [0.2, 0.25) is 5.02 Å². The molecule has 2 aromatic rings. The van der Waals surface area contributed by atoms with Crippen molar-refractivity contribution >= 4 is 17.3 Å². The molecule has 0 saturated heterocycles. The standard InChI is InChI=1S/C17H23ClN4O/c1-12(2)21(3)11-14-8-6-5-7-13(14)9-19-15-10-20-22(4)17(23)16(15)18/h5-8,10,12,19H,9,11H2,1-4H3. The van der Waals surface area contributed by atoms with E-state index in [1.165, 1.54) is 15.8 Å². The summed E-state index contributed by atoms with van der Waals surface area (Å²) in [5.41, 5.74) is 2.69. The molecule has 0 aliphatic heterocycles. The quantitative estimate of drug-likeness (QED) is 0.882. The molecule has 0 atom stereocenters. The summed E-state index contributed by atoms with van der Waals surface area (Å²) in [6.45, 7) is 5.81. The van der Waals surface area contributed by atoms with Gasteiger partial charge in [-0.2, -0.15) is 5.10 Å². The van der Waals surface area contributed by atoms with E-state index < -0.39 is 0 Å². The average Bonchev–Trinajstić information content (AvgIpc) is 2.53. The van der Waals surface area contributed by atoms with E-state index in [-0.39, 0.29) is 10.6 Å². The Morgan fingerprint density at radius 2 is 1.96 bits per heavy atom. The molecule has 0 bridgehead atoms. The first kappa shape index (κ1) is 17.5. The van der Waals surface area contributed by atoms with E-state index >= 15 is 0 Å². The third-order valence-corrected chi connectivity index (χ3v) is 4.33. The van der Waals surface area contributed by atoms with E-state index in [1.54, 1.807) is 13.2 Å². The molecule has 5 nitrogen and oxygen atoms in total. The van der Waals surface area contributed by atoms with Crippen LogP contribution in [0.5, 0.6) is 0 Å². The number of benzene rings is 1. The molecule has 0 aliphatic carbocycles. The second kappa shape index (κ2) is 7.62. The molecule has 1 aromatic carbocycles. The summed E-state index contributed by atoms with van der Waals surface area (Å²) in [5.74, 6) is 0. The molecule has 0 radical (unpaired) electrons. The van der Waals surface area contributed by atoms with Gasteiger partial charge in [-0.1, -0.05) is 35.9 Å². The van der Waals surface area contributed by atoms with Gasteiger partial charge in [0.2, 0.25) is 0 Å². The molecule has 1 aromatic heterocycles. The molecule has 1 N–H and O–H groups in total. The van der Waals surface area contributed by atoms with Gasteiger partial charge in [0.1, 0.15) is 5.02 Å². The molecule has 0 fully saturated rings. The number of rotatable bonds is 6. The maximum absolute atomic E-state index is 11.8. The highest BCUT2D eigenvalue weighted by Gasteiger charge is 2.10. The molecule has 2 rings (SSSR count). The Bertz CT molecular complexity index is 727. The van der Waals surface area contributed by atoms with Crippen molar-refractivity contribution in [1.29, 1.82) is 0 Å². The summed E-state index contributed by atoms with van der Waals surface area (Å²) >= 11 is 6.09. The molecule has 6 heteroatoms. The van der Waals surface area contributed by atoms with E-state index in [0.29, 0.717) is 18.3 Å². The van der Waals surface area contributed by atoms with Gasteiger partial charge < -0.3 is 5.32 Å². The van der Waals surface area contributed by atoms with Crippen molar-refractivity contribution in [3.63, 3.8) is 0 Å². The zero-order chi connectivity index (χ0) is 17.0. The first-order valence-corrected chi connectivity index (χ1v) is 8.00. The average molecular weight is 335 g/mol. The molecule has 1 heterocycles. The van der Waals surface area contributed by atoms with Crippen LogP contribution in [0, 0.1) is 0 Å². The van der Waals surface area contributed by atoms with Crippen molar-refractivity contribution in [1.82, 2.24) is 14.7 Å². The summed E-state index contributed by atoms with van der Waals surface area (Å²) in [4.78, 5) is 14.1. The highest BCUT2D eigenvalue weighted by molar-refractivity contribution is 6.32. The third kappa shape index (κ3) is 4.33. The van der Waals surface area contributed by atoms with Crippen LogP contribution in [0.25, 0.3) is 0 Å². The maximum Gasteiger partial charge on any atom is 0.287 e. The van der Waals surface area contributed by atoms with Crippen molar-refractivity contribution in [2.75, 3.05) is 12.4 Å². The van der Waals surface area contributed by atoms with Gasteiger partial charge in [-0.25, -0.2) is 4.68 Å². The fourth-order valence-electron chi connectivity index (χ4n) is 2.16. The van der Waals surface area contributed by atoms with Crippen molar-refractivity contribution in [3.05, 3.63) is 57.0 Å². The molecular formula is C17H23ClN4O. The van der Waals surface area contributed by atoms with Crippen LogP contribution in [0.3, 0.4) is 0 Å². The third-order valence-electron chi connectivity index (χ3n) is 3.97. The Balaban J connectivity index is 2.15. The zero-order valence-corrected chi connectivity index (χ0v) is 14.8. The minimum Gasteiger partial charge on any atom is -0.378 e. The lowest BCUT2D eigenvalue weighted by molar-refractivity contribution is 0.265. The van der Waals surface area contributed by atoms with Crippen LogP contribution in [0.4, 0.5) is 5.69 Å². The van der Waals surface area contributed by atoms with Gasteiger partial charge in [0.15, 0.2) is 0 Å². The van der Waals surface area contributed by atoms with Crippen molar-refractivity contribution in [2.45, 2.75) is 33.0 Å². The monoisotopic (exact) mass is 334 g/mol. The lowest BCUT2D eigenvalue weighted by Crippen LogP contribution is -2.26. The second-order valence-corrected chi connectivity index (χ2v) is 6.31. The van der Waals surface area contributed by atoms with Crippen LogP contribution >= 0.6 is 11.6 Å². The molecule has 0 saturated carbocycles. The molecule has 0 aliphatic rings. The first-order chi connectivity index (χ1) is 10.9. The topological polar surface area (TPSA) is 50.2 Å². The van der Waals surface area contributed by atoms with E-state index in [1.807, 2.05) is 12.1 Å². The summed E-state index contributed by atoms with van der Waals surface area (Å²) in [5, 5.41) is 7.37. The summed E-state index contributed by atoms with van der Waals surface area (Å²) in [6.07, 6.45) is 1.58. The fraction of sp³-hybridized carbons (Fsp3) is 0.412. The first-order valence-electron chi connectivity index (χ1n) is 7.63. The number of nitrogens with one attached hydrogen (secondary N) is 1. The van der Waals surface area contributed by atoms with E-state index in [2.05, 4.69) is 48.3 Å². The van der Waals surface area contributed by atoms with Gasteiger partial charge >= 0.3 is 0 Å². The molecule has 124 valence electrons. The maximum atomic E-state index is 11.8. The van der Waals surface area contributed by atoms with Crippen LogP contribution in [0.15, 0.2) is 35.3 Å². The van der Waals surface area contributed by atoms with Gasteiger partial charge in [-0.3, -0.25) is 9.69 Å². The summed E-state index contributed by atoms with van der Waals surface area (Å²) in [6, 6.07) is 8.74. The molecule has 0 unspecified atom stereocenters. The highest BCUT2D eigenvalue weighted by atomic mass is 35.5. The number of aryl methyl sites for hydroxylation is 1. The summed E-state index contributed by atoms with van der Waals surface area (Å²) < 4.78 is 1.22. The Hall–Kier alpha value is -1.85. The van der Waals surface area contributed by atoms with Gasteiger partial charge in [-0.15, -0.1) is 0 Å². The summed E-state index contributed by atoms with van der Waals surface area (Å²) in [7, 11) is 3.69. The number of halogens is 1. The zero-order valence-electron chi connectivity index (χ0n) is 14.0. The lowest BCUT2D eigenvalue weighted by Gasteiger charge is -2.22. The van der Waals surface area contributed by atoms with Gasteiger partial charge in [0.25, 0.3) is 5.56 Å². The number of anilines is 1. The molecular weight excluding hydrogens is 312 g/mol. The molecule has 23 heavy (non-hydrogen) atoms. The van der Waals surface area contributed by atoms with Crippen molar-refractivity contribution in [3.8, 4) is 0 Å².